The number of benzene rings is 3. The van der Waals surface area contributed by atoms with Crippen LogP contribution < -0.4 is 9.47 Å². The van der Waals surface area contributed by atoms with Crippen molar-refractivity contribution in [2.24, 2.45) is 0 Å². The summed E-state index contributed by atoms with van der Waals surface area (Å²) in [5.41, 5.74) is 3.90. The summed E-state index contributed by atoms with van der Waals surface area (Å²) in [4.78, 5) is 11.7. The zero-order valence-electron chi connectivity index (χ0n) is 16.9. The van der Waals surface area contributed by atoms with Crippen molar-refractivity contribution in [3.8, 4) is 11.5 Å². The van der Waals surface area contributed by atoms with Crippen LogP contribution in [0.3, 0.4) is 0 Å². The first-order chi connectivity index (χ1) is 14.2. The third-order valence-corrected chi connectivity index (χ3v) is 4.81. The largest absolute Gasteiger partial charge is 0.496 e. The van der Waals surface area contributed by atoms with E-state index in [1.807, 2.05) is 42.5 Å². The van der Waals surface area contributed by atoms with Crippen molar-refractivity contribution < 1.29 is 19.0 Å². The molecule has 0 amide bonds. The van der Waals surface area contributed by atoms with Crippen molar-refractivity contribution in [3.05, 3.63) is 95.1 Å². The highest BCUT2D eigenvalue weighted by atomic mass is 16.5. The van der Waals surface area contributed by atoms with Crippen LogP contribution in [0.2, 0.25) is 0 Å². The van der Waals surface area contributed by atoms with Gasteiger partial charge >= 0.3 is 5.97 Å². The molecule has 4 nitrogen and oxygen atoms in total. The van der Waals surface area contributed by atoms with Gasteiger partial charge in [-0.15, -0.1) is 0 Å². The van der Waals surface area contributed by atoms with Crippen LogP contribution in [0.1, 0.15) is 33.5 Å². The van der Waals surface area contributed by atoms with E-state index in [4.69, 9.17) is 14.2 Å². The molecule has 3 rings (SSSR count). The zero-order valence-corrected chi connectivity index (χ0v) is 16.9. The molecule has 3 aromatic carbocycles. The number of methoxy groups -OCH3 is 2. The number of carbonyl (C=O) groups is 1. The summed E-state index contributed by atoms with van der Waals surface area (Å²) < 4.78 is 16.3. The minimum atomic E-state index is -0.362. The summed E-state index contributed by atoms with van der Waals surface area (Å²) in [6, 6.07) is 23.8. The standard InChI is InChI=1S/C25H26O4/c1-27-24-17-22(25(26)28-2)16-15-21(24)13-8-12-20-11-6-7-14-23(20)29-18-19-9-4-3-5-10-19/h3-7,9-11,14-17H,8,12-13,18H2,1-2H3. The van der Waals surface area contributed by atoms with Gasteiger partial charge in [0.1, 0.15) is 18.1 Å². The van der Waals surface area contributed by atoms with Gasteiger partial charge in [0.05, 0.1) is 19.8 Å². The molecular formula is C25H26O4. The van der Waals surface area contributed by atoms with Crippen molar-refractivity contribution in [2.45, 2.75) is 25.9 Å². The second kappa shape index (κ2) is 10.3. The Balaban J connectivity index is 1.61. The second-order valence-corrected chi connectivity index (χ2v) is 6.75. The molecule has 0 N–H and O–H groups in total. The first kappa shape index (κ1) is 20.5. The molecule has 150 valence electrons. The van der Waals surface area contributed by atoms with E-state index in [1.165, 1.54) is 12.7 Å². The van der Waals surface area contributed by atoms with Crippen LogP contribution in [-0.4, -0.2) is 20.2 Å². The van der Waals surface area contributed by atoms with Crippen molar-refractivity contribution >= 4 is 5.97 Å². The van der Waals surface area contributed by atoms with Crippen molar-refractivity contribution in [1.82, 2.24) is 0 Å². The summed E-state index contributed by atoms with van der Waals surface area (Å²) in [7, 11) is 2.99. The first-order valence-corrected chi connectivity index (χ1v) is 9.71. The van der Waals surface area contributed by atoms with Gasteiger partial charge in [0.25, 0.3) is 0 Å². The molecule has 0 aliphatic heterocycles. The number of esters is 1. The van der Waals surface area contributed by atoms with E-state index in [2.05, 4.69) is 18.2 Å². The van der Waals surface area contributed by atoms with Gasteiger partial charge < -0.3 is 14.2 Å². The fourth-order valence-electron chi connectivity index (χ4n) is 3.25. The van der Waals surface area contributed by atoms with Gasteiger partial charge in [0, 0.05) is 0 Å². The Bertz CT molecular complexity index is 935. The normalized spacial score (nSPS) is 10.4. The first-order valence-electron chi connectivity index (χ1n) is 9.71. The smallest absolute Gasteiger partial charge is 0.337 e. The highest BCUT2D eigenvalue weighted by Crippen LogP contribution is 2.25. The molecule has 3 aromatic rings. The molecular weight excluding hydrogens is 364 g/mol. The van der Waals surface area contributed by atoms with Gasteiger partial charge in [-0.05, 0) is 54.2 Å². The van der Waals surface area contributed by atoms with E-state index in [1.54, 1.807) is 19.2 Å². The maximum absolute atomic E-state index is 11.7. The van der Waals surface area contributed by atoms with E-state index in [9.17, 15) is 4.79 Å². The molecule has 0 fully saturated rings. The van der Waals surface area contributed by atoms with Gasteiger partial charge in [-0.3, -0.25) is 0 Å². The van der Waals surface area contributed by atoms with E-state index in [0.717, 1.165) is 36.1 Å². The monoisotopic (exact) mass is 390 g/mol. The van der Waals surface area contributed by atoms with Crippen LogP contribution in [0.4, 0.5) is 0 Å². The Morgan fingerprint density at radius 2 is 1.48 bits per heavy atom. The molecule has 0 spiro atoms. The fourth-order valence-corrected chi connectivity index (χ4v) is 3.25. The number of hydrogen-bond donors (Lipinski definition) is 0. The van der Waals surface area contributed by atoms with Gasteiger partial charge in [-0.2, -0.15) is 0 Å². The Morgan fingerprint density at radius 3 is 2.21 bits per heavy atom. The molecule has 0 aliphatic rings. The molecule has 0 saturated heterocycles. The number of para-hydroxylation sites is 1. The highest BCUT2D eigenvalue weighted by Gasteiger charge is 2.11. The molecule has 0 saturated carbocycles. The number of ether oxygens (including phenoxy) is 3. The molecule has 0 heterocycles. The van der Waals surface area contributed by atoms with Gasteiger partial charge in [0.2, 0.25) is 0 Å². The Morgan fingerprint density at radius 1 is 0.793 bits per heavy atom. The summed E-state index contributed by atoms with van der Waals surface area (Å²) in [5, 5.41) is 0. The van der Waals surface area contributed by atoms with Crippen LogP contribution in [0, 0.1) is 0 Å². The lowest BCUT2D eigenvalue weighted by Gasteiger charge is -2.13. The van der Waals surface area contributed by atoms with Crippen LogP contribution >= 0.6 is 0 Å². The Hall–Kier alpha value is -3.27. The molecule has 0 unspecified atom stereocenters. The molecule has 0 radical (unpaired) electrons. The lowest BCUT2D eigenvalue weighted by atomic mass is 10.0. The quantitative estimate of drug-likeness (QED) is 0.469. The maximum atomic E-state index is 11.7. The molecule has 0 atom stereocenters. The predicted octanol–water partition coefficient (Wildman–Crippen LogP) is 5.24. The topological polar surface area (TPSA) is 44.8 Å². The average molecular weight is 390 g/mol. The van der Waals surface area contributed by atoms with Gasteiger partial charge in [-0.1, -0.05) is 54.6 Å². The third kappa shape index (κ3) is 5.61. The number of carbonyl (C=O) groups excluding carboxylic acids is 1. The fraction of sp³-hybridized carbons (Fsp3) is 0.240. The lowest BCUT2D eigenvalue weighted by molar-refractivity contribution is 0.0600. The zero-order chi connectivity index (χ0) is 20.5. The molecule has 0 aliphatic carbocycles. The van der Waals surface area contributed by atoms with Crippen molar-refractivity contribution in [1.29, 1.82) is 0 Å². The Kier molecular flexibility index (Phi) is 7.28. The lowest BCUT2D eigenvalue weighted by Crippen LogP contribution is -2.03. The average Bonchev–Trinajstić information content (AvgIpc) is 2.78. The second-order valence-electron chi connectivity index (χ2n) is 6.75. The summed E-state index contributed by atoms with van der Waals surface area (Å²) >= 11 is 0. The molecule has 0 aromatic heterocycles. The third-order valence-electron chi connectivity index (χ3n) is 4.81. The van der Waals surface area contributed by atoms with Crippen molar-refractivity contribution in [2.75, 3.05) is 14.2 Å². The van der Waals surface area contributed by atoms with Crippen LogP contribution in [-0.2, 0) is 24.2 Å². The van der Waals surface area contributed by atoms with Crippen LogP contribution in [0.15, 0.2) is 72.8 Å². The minimum absolute atomic E-state index is 0.362. The number of hydrogen-bond acceptors (Lipinski definition) is 4. The van der Waals surface area contributed by atoms with E-state index in [-0.39, 0.29) is 5.97 Å². The molecule has 0 bridgehead atoms. The van der Waals surface area contributed by atoms with Crippen molar-refractivity contribution in [3.63, 3.8) is 0 Å². The summed E-state index contributed by atoms with van der Waals surface area (Å²) in [6.45, 7) is 0.556. The molecule has 29 heavy (non-hydrogen) atoms. The van der Waals surface area contributed by atoms with E-state index < -0.39 is 0 Å². The van der Waals surface area contributed by atoms with E-state index >= 15 is 0 Å². The minimum Gasteiger partial charge on any atom is -0.496 e. The van der Waals surface area contributed by atoms with E-state index in [0.29, 0.717) is 17.9 Å². The molecule has 4 heteroatoms. The van der Waals surface area contributed by atoms with Crippen LogP contribution in [0.5, 0.6) is 11.5 Å². The highest BCUT2D eigenvalue weighted by molar-refractivity contribution is 5.89. The summed E-state index contributed by atoms with van der Waals surface area (Å²) in [6.07, 6.45) is 2.68. The number of aryl methyl sites for hydroxylation is 2. The summed E-state index contributed by atoms with van der Waals surface area (Å²) in [5.74, 6) is 1.27. The van der Waals surface area contributed by atoms with Gasteiger partial charge in [-0.25, -0.2) is 4.79 Å². The maximum Gasteiger partial charge on any atom is 0.337 e. The number of rotatable bonds is 9. The predicted molar refractivity (Wildman–Crippen MR) is 114 cm³/mol. The van der Waals surface area contributed by atoms with Gasteiger partial charge in [0.15, 0.2) is 0 Å². The van der Waals surface area contributed by atoms with Crippen LogP contribution in [0.25, 0.3) is 0 Å². The SMILES string of the molecule is COC(=O)c1ccc(CCCc2ccccc2OCc2ccccc2)c(OC)c1. The Labute approximate surface area is 172 Å².